The molecule has 0 unspecified atom stereocenters. The molecule has 0 bridgehead atoms. The number of rotatable bonds is 7. The van der Waals surface area contributed by atoms with Gasteiger partial charge in [0.1, 0.15) is 0 Å². The Hall–Kier alpha value is -2.08. The van der Waals surface area contributed by atoms with Gasteiger partial charge in [0.25, 0.3) is 0 Å². The topological polar surface area (TPSA) is 75.3 Å². The number of aliphatic imine (C=N–C) groups is 1. The Bertz CT molecular complexity index is 667. The summed E-state index contributed by atoms with van der Waals surface area (Å²) >= 11 is 5.98. The minimum atomic E-state index is 0.413. The van der Waals surface area contributed by atoms with Gasteiger partial charge in [-0.1, -0.05) is 55.6 Å². The quantitative estimate of drug-likeness (QED) is 0.591. The summed E-state index contributed by atoms with van der Waals surface area (Å²) in [5.41, 5.74) is 0.828. The van der Waals surface area contributed by atoms with Crippen molar-refractivity contribution in [1.29, 1.82) is 0 Å². The van der Waals surface area contributed by atoms with Crippen LogP contribution in [0.4, 0.5) is 0 Å². The monoisotopic (exact) mass is 349 g/mol. The number of guanidine groups is 1. The van der Waals surface area contributed by atoms with Crippen LogP contribution in [0.3, 0.4) is 0 Å². The highest BCUT2D eigenvalue weighted by molar-refractivity contribution is 6.30. The molecular weight excluding hydrogens is 326 g/mol. The van der Waals surface area contributed by atoms with E-state index in [2.05, 4.69) is 39.6 Å². The van der Waals surface area contributed by atoms with Crippen LogP contribution in [0.15, 0.2) is 33.8 Å². The predicted molar refractivity (Wildman–Crippen MR) is 97.0 cm³/mol. The first-order chi connectivity index (χ1) is 11.7. The summed E-state index contributed by atoms with van der Waals surface area (Å²) in [6.07, 6.45) is 2.29. The van der Waals surface area contributed by atoms with Gasteiger partial charge in [-0.2, -0.15) is 4.98 Å². The Kier molecular flexibility index (Phi) is 7.06. The molecule has 2 aromatic rings. The first kappa shape index (κ1) is 18.3. The highest BCUT2D eigenvalue weighted by atomic mass is 35.5. The van der Waals surface area contributed by atoms with Crippen molar-refractivity contribution in [2.24, 2.45) is 10.9 Å². The van der Waals surface area contributed by atoms with Gasteiger partial charge in [0.2, 0.25) is 11.7 Å². The summed E-state index contributed by atoms with van der Waals surface area (Å²) in [7, 11) is 1.74. The summed E-state index contributed by atoms with van der Waals surface area (Å²) in [5.74, 6) is 2.38. The van der Waals surface area contributed by atoms with E-state index in [1.807, 2.05) is 18.2 Å². The fourth-order valence-corrected chi connectivity index (χ4v) is 2.46. The van der Waals surface area contributed by atoms with Crippen LogP contribution in [0.1, 0.15) is 32.6 Å². The van der Waals surface area contributed by atoms with Crippen LogP contribution in [-0.2, 0) is 6.54 Å². The Morgan fingerprint density at radius 2 is 2.08 bits per heavy atom. The molecule has 7 heteroatoms. The molecule has 1 aromatic heterocycles. The smallest absolute Gasteiger partial charge is 0.246 e. The normalized spacial score (nSPS) is 11.8. The van der Waals surface area contributed by atoms with Gasteiger partial charge in [-0.3, -0.25) is 4.99 Å². The molecule has 0 aliphatic carbocycles. The number of benzene rings is 1. The number of hydrogen-bond donors (Lipinski definition) is 2. The fourth-order valence-electron chi connectivity index (χ4n) is 2.27. The molecule has 0 saturated carbocycles. The number of nitrogens with zero attached hydrogens (tertiary/aromatic N) is 3. The Balaban J connectivity index is 1.90. The molecule has 1 heterocycles. The zero-order chi connectivity index (χ0) is 17.4. The molecule has 1 aromatic carbocycles. The summed E-state index contributed by atoms with van der Waals surface area (Å²) < 4.78 is 5.27. The lowest BCUT2D eigenvalue weighted by molar-refractivity contribution is 0.375. The second-order valence-electron chi connectivity index (χ2n) is 5.51. The van der Waals surface area contributed by atoms with E-state index in [4.69, 9.17) is 16.1 Å². The first-order valence-electron chi connectivity index (χ1n) is 8.19. The van der Waals surface area contributed by atoms with Crippen molar-refractivity contribution < 1.29 is 4.52 Å². The van der Waals surface area contributed by atoms with Gasteiger partial charge in [0.05, 0.1) is 6.54 Å². The second-order valence-corrected chi connectivity index (χ2v) is 5.95. The van der Waals surface area contributed by atoms with Crippen LogP contribution in [0.25, 0.3) is 11.4 Å². The van der Waals surface area contributed by atoms with Crippen LogP contribution in [0.5, 0.6) is 0 Å². The maximum atomic E-state index is 5.98. The summed E-state index contributed by atoms with van der Waals surface area (Å²) in [5, 5.41) is 11.1. The molecule has 2 N–H and O–H groups in total. The van der Waals surface area contributed by atoms with Crippen molar-refractivity contribution in [3.05, 3.63) is 35.2 Å². The molecule has 0 radical (unpaired) electrons. The molecule has 0 aliphatic heterocycles. The van der Waals surface area contributed by atoms with E-state index in [0.29, 0.717) is 29.2 Å². The van der Waals surface area contributed by atoms with Crippen LogP contribution in [-0.4, -0.2) is 29.7 Å². The lowest BCUT2D eigenvalue weighted by Gasteiger charge is -2.15. The lowest BCUT2D eigenvalue weighted by atomic mass is 10.0. The van der Waals surface area contributed by atoms with E-state index in [-0.39, 0.29) is 0 Å². The largest absolute Gasteiger partial charge is 0.356 e. The Labute approximate surface area is 147 Å². The molecule has 6 nitrogen and oxygen atoms in total. The third-order valence-electron chi connectivity index (χ3n) is 3.89. The fraction of sp³-hybridized carbons (Fsp3) is 0.471. The van der Waals surface area contributed by atoms with E-state index < -0.39 is 0 Å². The first-order valence-corrected chi connectivity index (χ1v) is 8.57. The van der Waals surface area contributed by atoms with Gasteiger partial charge in [-0.05, 0) is 18.1 Å². The lowest BCUT2D eigenvalue weighted by Crippen LogP contribution is -2.39. The van der Waals surface area contributed by atoms with Gasteiger partial charge in [-0.15, -0.1) is 0 Å². The third-order valence-corrected chi connectivity index (χ3v) is 4.13. The number of hydrogen-bond acceptors (Lipinski definition) is 4. The molecule has 0 amide bonds. The van der Waals surface area contributed by atoms with Gasteiger partial charge >= 0.3 is 0 Å². The van der Waals surface area contributed by atoms with Gasteiger partial charge in [-0.25, -0.2) is 0 Å². The van der Waals surface area contributed by atoms with E-state index in [9.17, 15) is 0 Å². The van der Waals surface area contributed by atoms with Crippen LogP contribution in [0, 0.1) is 5.92 Å². The van der Waals surface area contributed by atoms with E-state index in [0.717, 1.165) is 30.9 Å². The molecule has 24 heavy (non-hydrogen) atoms. The Morgan fingerprint density at radius 3 is 2.75 bits per heavy atom. The molecule has 0 fully saturated rings. The molecule has 0 spiro atoms. The predicted octanol–water partition coefficient (Wildman–Crippen LogP) is 3.49. The summed E-state index contributed by atoms with van der Waals surface area (Å²) in [4.78, 5) is 8.58. The average molecular weight is 350 g/mol. The number of nitrogens with one attached hydrogen (secondary N) is 2. The van der Waals surface area contributed by atoms with E-state index in [1.54, 1.807) is 13.1 Å². The number of aromatic nitrogens is 2. The minimum Gasteiger partial charge on any atom is -0.356 e. The van der Waals surface area contributed by atoms with E-state index >= 15 is 0 Å². The van der Waals surface area contributed by atoms with Gasteiger partial charge in [0, 0.05) is 24.2 Å². The van der Waals surface area contributed by atoms with Gasteiger partial charge < -0.3 is 15.2 Å². The highest BCUT2D eigenvalue weighted by Gasteiger charge is 2.10. The Morgan fingerprint density at radius 1 is 1.29 bits per heavy atom. The van der Waals surface area contributed by atoms with Crippen LogP contribution in [0.2, 0.25) is 5.02 Å². The van der Waals surface area contributed by atoms with Crippen molar-refractivity contribution >= 4 is 17.6 Å². The summed E-state index contributed by atoms with van der Waals surface area (Å²) in [6.45, 7) is 5.70. The standard InChI is InChI=1S/C17H24ClN5O/c1-4-12(5-2)10-20-17(19-3)21-11-15-22-16(23-24-15)13-7-6-8-14(18)9-13/h6-9,12H,4-5,10-11H2,1-3H3,(H2,19,20,21). The van der Waals surface area contributed by atoms with Gasteiger partial charge in [0.15, 0.2) is 5.96 Å². The number of halogens is 1. The van der Waals surface area contributed by atoms with E-state index in [1.165, 1.54) is 0 Å². The second kappa shape index (κ2) is 9.27. The molecular formula is C17H24ClN5O. The van der Waals surface area contributed by atoms with Crippen LogP contribution < -0.4 is 10.6 Å². The maximum absolute atomic E-state index is 5.98. The minimum absolute atomic E-state index is 0.413. The molecule has 0 atom stereocenters. The van der Waals surface area contributed by atoms with Crippen molar-refractivity contribution in [2.75, 3.05) is 13.6 Å². The third kappa shape index (κ3) is 5.23. The highest BCUT2D eigenvalue weighted by Crippen LogP contribution is 2.19. The molecule has 130 valence electrons. The molecule has 0 saturated heterocycles. The van der Waals surface area contributed by atoms with Crippen molar-refractivity contribution in [1.82, 2.24) is 20.8 Å². The molecule has 0 aliphatic rings. The van der Waals surface area contributed by atoms with Crippen LogP contribution >= 0.6 is 11.6 Å². The SMILES string of the molecule is CCC(CC)CNC(=NC)NCc1nc(-c2cccc(Cl)c2)no1. The average Bonchev–Trinajstić information content (AvgIpc) is 3.07. The summed E-state index contributed by atoms with van der Waals surface area (Å²) in [6, 6.07) is 7.36. The zero-order valence-corrected chi connectivity index (χ0v) is 15.1. The maximum Gasteiger partial charge on any atom is 0.246 e. The van der Waals surface area contributed by atoms with Crippen molar-refractivity contribution in [2.45, 2.75) is 33.2 Å². The van der Waals surface area contributed by atoms with Crippen molar-refractivity contribution in [3.8, 4) is 11.4 Å². The van der Waals surface area contributed by atoms with Crippen molar-refractivity contribution in [3.63, 3.8) is 0 Å². The zero-order valence-electron chi connectivity index (χ0n) is 14.3. The molecule has 2 rings (SSSR count).